The lowest BCUT2D eigenvalue weighted by Crippen LogP contribution is -2.30. The Kier molecular flexibility index (Phi) is 4.31. The third-order valence-electron chi connectivity index (χ3n) is 5.31. The number of aryl methyl sites for hydroxylation is 2. The monoisotopic (exact) mass is 393 g/mol. The van der Waals surface area contributed by atoms with Crippen LogP contribution >= 0.6 is 0 Å². The van der Waals surface area contributed by atoms with E-state index in [9.17, 15) is 0 Å². The predicted octanol–water partition coefficient (Wildman–Crippen LogP) is 1.18. The van der Waals surface area contributed by atoms with Crippen molar-refractivity contribution in [2.24, 2.45) is 12.0 Å². The van der Waals surface area contributed by atoms with E-state index in [1.54, 1.807) is 10.9 Å². The van der Waals surface area contributed by atoms with Crippen molar-refractivity contribution in [1.29, 1.82) is 0 Å². The SMILES string of the molecule is Cc1nc(C2CN3CCOc4cc(-c5cnn(CCO)c5)ccc4C3=N2)n(C)n1. The Labute approximate surface area is 168 Å². The van der Waals surface area contributed by atoms with Crippen molar-refractivity contribution >= 4 is 5.84 Å². The number of aliphatic hydroxyl groups excluding tert-OH is 1. The molecule has 1 aromatic carbocycles. The van der Waals surface area contributed by atoms with E-state index in [2.05, 4.69) is 32.2 Å². The summed E-state index contributed by atoms with van der Waals surface area (Å²) in [7, 11) is 1.92. The Morgan fingerprint density at radius 1 is 1.28 bits per heavy atom. The van der Waals surface area contributed by atoms with Crippen LogP contribution in [-0.4, -0.2) is 66.7 Å². The van der Waals surface area contributed by atoms with Gasteiger partial charge in [0.2, 0.25) is 0 Å². The van der Waals surface area contributed by atoms with Crippen molar-refractivity contribution < 1.29 is 9.84 Å². The lowest BCUT2D eigenvalue weighted by Gasteiger charge is -2.17. The summed E-state index contributed by atoms with van der Waals surface area (Å²) in [6.45, 7) is 4.61. The average molecular weight is 393 g/mol. The van der Waals surface area contributed by atoms with Gasteiger partial charge in [0.1, 0.15) is 30.1 Å². The topological polar surface area (TPSA) is 93.6 Å². The van der Waals surface area contributed by atoms with Gasteiger partial charge in [-0.15, -0.1) is 0 Å². The van der Waals surface area contributed by atoms with Crippen LogP contribution in [0.25, 0.3) is 11.1 Å². The van der Waals surface area contributed by atoms with Gasteiger partial charge in [0.15, 0.2) is 5.82 Å². The number of hydrogen-bond acceptors (Lipinski definition) is 7. The summed E-state index contributed by atoms with van der Waals surface area (Å²) in [6, 6.07) is 6.14. The summed E-state index contributed by atoms with van der Waals surface area (Å²) in [6.07, 6.45) is 3.74. The number of fused-ring (bicyclic) bond motifs is 3. The first-order chi connectivity index (χ1) is 14.1. The zero-order valence-corrected chi connectivity index (χ0v) is 16.5. The summed E-state index contributed by atoms with van der Waals surface area (Å²) >= 11 is 0. The molecule has 2 aromatic heterocycles. The van der Waals surface area contributed by atoms with Crippen LogP contribution in [0.15, 0.2) is 35.6 Å². The number of hydrogen-bond donors (Lipinski definition) is 1. The molecule has 2 aliphatic heterocycles. The normalized spacial score (nSPS) is 18.1. The molecule has 0 radical (unpaired) electrons. The highest BCUT2D eigenvalue weighted by molar-refractivity contribution is 6.03. The second kappa shape index (κ2) is 7.00. The maximum absolute atomic E-state index is 9.09. The summed E-state index contributed by atoms with van der Waals surface area (Å²) < 4.78 is 9.60. The van der Waals surface area contributed by atoms with E-state index in [1.807, 2.05) is 30.9 Å². The van der Waals surface area contributed by atoms with Crippen molar-refractivity contribution in [1.82, 2.24) is 29.4 Å². The smallest absolute Gasteiger partial charge is 0.153 e. The summed E-state index contributed by atoms with van der Waals surface area (Å²) in [5.41, 5.74) is 3.02. The van der Waals surface area contributed by atoms with Gasteiger partial charge in [0, 0.05) is 25.4 Å². The molecule has 1 unspecified atom stereocenters. The van der Waals surface area contributed by atoms with Gasteiger partial charge in [-0.1, -0.05) is 6.07 Å². The van der Waals surface area contributed by atoms with E-state index in [0.717, 1.165) is 53.0 Å². The molecule has 2 aliphatic rings. The highest BCUT2D eigenvalue weighted by Crippen LogP contribution is 2.34. The number of aliphatic imine (C=N–C) groups is 1. The standard InChI is InChI=1S/C20H23N7O2/c1-13-22-20(25(2)24-13)17-12-26-6-8-29-18-9-14(3-4-16(18)19(26)23-17)15-10-21-27(11-15)5-7-28/h3-4,9-11,17,28H,5-8,12H2,1-2H3. The van der Waals surface area contributed by atoms with Gasteiger partial charge < -0.3 is 14.7 Å². The van der Waals surface area contributed by atoms with Crippen molar-refractivity contribution in [3.8, 4) is 16.9 Å². The van der Waals surface area contributed by atoms with Crippen LogP contribution in [0.2, 0.25) is 0 Å². The lowest BCUT2D eigenvalue weighted by atomic mass is 10.1. The molecule has 0 amide bonds. The minimum Gasteiger partial charge on any atom is -0.491 e. The van der Waals surface area contributed by atoms with Crippen LogP contribution < -0.4 is 4.74 Å². The lowest BCUT2D eigenvalue weighted by molar-refractivity contribution is 0.269. The number of amidine groups is 1. The molecule has 0 bridgehead atoms. The van der Waals surface area contributed by atoms with Crippen LogP contribution in [0.3, 0.4) is 0 Å². The number of nitrogens with zero attached hydrogens (tertiary/aromatic N) is 7. The molecule has 9 nitrogen and oxygen atoms in total. The molecular weight excluding hydrogens is 370 g/mol. The fraction of sp³-hybridized carbons (Fsp3) is 0.400. The predicted molar refractivity (Wildman–Crippen MR) is 107 cm³/mol. The molecule has 5 rings (SSSR count). The Balaban J connectivity index is 1.49. The van der Waals surface area contributed by atoms with E-state index in [4.69, 9.17) is 14.8 Å². The Morgan fingerprint density at radius 3 is 2.97 bits per heavy atom. The van der Waals surface area contributed by atoms with Gasteiger partial charge >= 0.3 is 0 Å². The van der Waals surface area contributed by atoms with E-state index in [1.165, 1.54) is 0 Å². The fourth-order valence-corrected chi connectivity index (χ4v) is 3.97. The second-order valence-electron chi connectivity index (χ2n) is 7.33. The Morgan fingerprint density at radius 2 is 2.17 bits per heavy atom. The average Bonchev–Trinajstić information content (AvgIpc) is 3.39. The first kappa shape index (κ1) is 17.9. The molecular formula is C20H23N7O2. The van der Waals surface area contributed by atoms with E-state index >= 15 is 0 Å². The van der Waals surface area contributed by atoms with Crippen LogP contribution in [0.5, 0.6) is 5.75 Å². The number of rotatable bonds is 4. The molecule has 0 saturated carbocycles. The molecule has 3 aromatic rings. The van der Waals surface area contributed by atoms with Crippen LogP contribution in [-0.2, 0) is 13.6 Å². The summed E-state index contributed by atoms with van der Waals surface area (Å²) in [5, 5.41) is 17.7. The molecule has 1 atom stereocenters. The third-order valence-corrected chi connectivity index (χ3v) is 5.31. The molecule has 0 aliphatic carbocycles. The van der Waals surface area contributed by atoms with Crippen LogP contribution in [0, 0.1) is 6.92 Å². The quantitative estimate of drug-likeness (QED) is 0.715. The number of aromatic nitrogens is 5. The zero-order valence-electron chi connectivity index (χ0n) is 16.5. The molecule has 150 valence electrons. The van der Waals surface area contributed by atoms with Gasteiger partial charge in [-0.05, 0) is 24.6 Å². The fourth-order valence-electron chi connectivity index (χ4n) is 3.97. The second-order valence-corrected chi connectivity index (χ2v) is 7.33. The number of aliphatic hydroxyl groups is 1. The largest absolute Gasteiger partial charge is 0.491 e. The van der Waals surface area contributed by atoms with Crippen LogP contribution in [0.4, 0.5) is 0 Å². The highest BCUT2D eigenvalue weighted by Gasteiger charge is 2.33. The van der Waals surface area contributed by atoms with Crippen molar-refractivity contribution in [2.75, 3.05) is 26.3 Å². The van der Waals surface area contributed by atoms with E-state index in [-0.39, 0.29) is 12.6 Å². The van der Waals surface area contributed by atoms with Gasteiger partial charge in [0.25, 0.3) is 0 Å². The highest BCUT2D eigenvalue weighted by atomic mass is 16.5. The number of ether oxygens (including phenoxy) is 1. The van der Waals surface area contributed by atoms with Gasteiger partial charge in [0.05, 0.1) is 31.5 Å². The maximum atomic E-state index is 9.09. The minimum atomic E-state index is -0.0291. The molecule has 0 fully saturated rings. The minimum absolute atomic E-state index is 0.0291. The molecule has 9 heteroatoms. The number of benzene rings is 1. The first-order valence-electron chi connectivity index (χ1n) is 9.73. The zero-order chi connectivity index (χ0) is 20.0. The van der Waals surface area contributed by atoms with Crippen molar-refractivity contribution in [3.05, 3.63) is 47.8 Å². The summed E-state index contributed by atoms with van der Waals surface area (Å²) in [5.74, 6) is 3.43. The molecule has 1 N–H and O–H groups in total. The molecule has 4 heterocycles. The van der Waals surface area contributed by atoms with Crippen molar-refractivity contribution in [2.45, 2.75) is 19.5 Å². The molecule has 29 heavy (non-hydrogen) atoms. The summed E-state index contributed by atoms with van der Waals surface area (Å²) in [4.78, 5) is 11.8. The van der Waals surface area contributed by atoms with Gasteiger partial charge in [-0.3, -0.25) is 14.4 Å². The molecule has 0 spiro atoms. The Bertz CT molecular complexity index is 1080. The maximum Gasteiger partial charge on any atom is 0.153 e. The molecule has 0 saturated heterocycles. The third kappa shape index (κ3) is 3.17. The van der Waals surface area contributed by atoms with Gasteiger partial charge in [-0.2, -0.15) is 10.2 Å². The van der Waals surface area contributed by atoms with E-state index < -0.39 is 0 Å². The van der Waals surface area contributed by atoms with E-state index in [0.29, 0.717) is 13.2 Å². The Hall–Kier alpha value is -3.20. The van der Waals surface area contributed by atoms with Gasteiger partial charge in [-0.25, -0.2) is 4.98 Å². The van der Waals surface area contributed by atoms with Crippen LogP contribution in [0.1, 0.15) is 23.3 Å². The van der Waals surface area contributed by atoms with Crippen molar-refractivity contribution in [3.63, 3.8) is 0 Å². The first-order valence-corrected chi connectivity index (χ1v) is 9.73.